The van der Waals surface area contributed by atoms with Gasteiger partial charge in [0.1, 0.15) is 17.8 Å². The number of anilines is 2. The molecule has 11 nitrogen and oxygen atoms in total. The number of nitrogen functional groups attached to an aromatic ring is 1. The van der Waals surface area contributed by atoms with Crippen molar-refractivity contribution in [2.24, 2.45) is 7.05 Å². The van der Waals surface area contributed by atoms with Gasteiger partial charge in [-0.15, -0.1) is 0 Å². The van der Waals surface area contributed by atoms with Crippen LogP contribution in [0.5, 0.6) is 0 Å². The third-order valence-corrected chi connectivity index (χ3v) is 6.35. The second-order valence-corrected chi connectivity index (χ2v) is 9.14. The van der Waals surface area contributed by atoms with Gasteiger partial charge in [-0.1, -0.05) is 36.0 Å². The summed E-state index contributed by atoms with van der Waals surface area (Å²) < 4.78 is 6.71. The van der Waals surface area contributed by atoms with Gasteiger partial charge in [0, 0.05) is 36.5 Å². The number of aromatic nitrogens is 5. The first-order valence-corrected chi connectivity index (χ1v) is 12.0. The second kappa shape index (κ2) is 10.2. The van der Waals surface area contributed by atoms with Crippen LogP contribution < -0.4 is 11.1 Å². The number of fused-ring (bicyclic) bond motifs is 1. The molecule has 196 valence electrons. The van der Waals surface area contributed by atoms with E-state index in [2.05, 4.69) is 32.0 Å². The molecule has 0 aliphatic heterocycles. The van der Waals surface area contributed by atoms with Gasteiger partial charge in [0.2, 0.25) is 6.39 Å². The molecule has 0 radical (unpaired) electrons. The molecule has 0 aliphatic carbocycles. The number of carbonyl (C=O) groups is 2. The largest absolute Gasteiger partial charge is 0.383 e. The fourth-order valence-corrected chi connectivity index (χ4v) is 4.39. The molecule has 0 saturated heterocycles. The van der Waals surface area contributed by atoms with Gasteiger partial charge in [0.05, 0.1) is 17.6 Å². The van der Waals surface area contributed by atoms with E-state index in [1.54, 1.807) is 26.1 Å². The van der Waals surface area contributed by atoms with Crippen LogP contribution in [0.25, 0.3) is 33.4 Å². The average Bonchev–Trinajstić information content (AvgIpc) is 3.55. The number of hydrogen-bond acceptors (Lipinski definition) is 8. The van der Waals surface area contributed by atoms with E-state index >= 15 is 0 Å². The van der Waals surface area contributed by atoms with Crippen molar-refractivity contribution in [2.75, 3.05) is 18.1 Å². The second-order valence-electron chi connectivity index (χ2n) is 9.14. The quantitative estimate of drug-likeness (QED) is 0.305. The Labute approximate surface area is 224 Å². The number of aryl methyl sites for hydroxylation is 1. The van der Waals surface area contributed by atoms with Gasteiger partial charge in [-0.3, -0.25) is 9.59 Å². The van der Waals surface area contributed by atoms with E-state index < -0.39 is 0 Å². The third-order valence-electron chi connectivity index (χ3n) is 6.35. The van der Waals surface area contributed by atoms with Gasteiger partial charge in [-0.2, -0.15) is 4.98 Å². The Morgan fingerprint density at radius 3 is 2.38 bits per heavy atom. The normalized spacial score (nSPS) is 10.9. The van der Waals surface area contributed by atoms with Crippen LogP contribution in [0.2, 0.25) is 0 Å². The number of nitrogens with zero attached hydrogens (tertiary/aromatic N) is 6. The molecule has 5 aromatic rings. The number of carbonyl (C=O) groups excluding carboxylic acids is 2. The summed E-state index contributed by atoms with van der Waals surface area (Å²) >= 11 is 0. The number of nitrogens with one attached hydrogen (secondary N) is 1. The van der Waals surface area contributed by atoms with Crippen LogP contribution in [-0.2, 0) is 18.4 Å². The fraction of sp³-hybridized carbons (Fsp3) is 0.143. The Hall–Kier alpha value is -5.32. The molecular weight excluding hydrogens is 496 g/mol. The molecular formula is C28H26N8O3. The van der Waals surface area contributed by atoms with Gasteiger partial charge >= 0.3 is 0 Å². The molecule has 3 aromatic heterocycles. The molecule has 2 amide bonds. The highest BCUT2D eigenvalue weighted by atomic mass is 16.5. The van der Waals surface area contributed by atoms with Gasteiger partial charge in [-0.25, -0.2) is 9.97 Å². The standard InChI is InChI=1S/C28H26N8O3/c1-16(2)27(37)33-20-11-9-18(10-12-20)24-22(23-25(29)30-14-31-26(23)36(24)4)17-5-7-19(8-6-17)28(38)35(3)13-21-32-15-39-34-21/h5-12,14-15H,1,13H2,2-4H3,(H,33,37)(H2,29,30,31). The van der Waals surface area contributed by atoms with E-state index in [9.17, 15) is 9.59 Å². The number of amides is 2. The van der Waals surface area contributed by atoms with Crippen LogP contribution in [0.4, 0.5) is 11.5 Å². The minimum atomic E-state index is -0.242. The van der Waals surface area contributed by atoms with E-state index in [0.29, 0.717) is 39.5 Å². The first-order chi connectivity index (χ1) is 18.7. The maximum atomic E-state index is 13.0. The Morgan fingerprint density at radius 1 is 1.05 bits per heavy atom. The molecule has 11 heteroatoms. The Kier molecular flexibility index (Phi) is 6.63. The lowest BCUT2D eigenvalue weighted by Gasteiger charge is -2.15. The maximum Gasteiger partial charge on any atom is 0.254 e. The monoisotopic (exact) mass is 522 g/mol. The first-order valence-electron chi connectivity index (χ1n) is 12.0. The highest BCUT2D eigenvalue weighted by molar-refractivity contribution is 6.08. The molecule has 0 fully saturated rings. The molecule has 0 saturated carbocycles. The predicted octanol–water partition coefficient (Wildman–Crippen LogP) is 4.05. The van der Waals surface area contributed by atoms with E-state index in [1.807, 2.05) is 48.0 Å². The van der Waals surface area contributed by atoms with Crippen molar-refractivity contribution in [3.8, 4) is 22.4 Å². The van der Waals surface area contributed by atoms with E-state index in [4.69, 9.17) is 10.3 Å². The molecule has 3 heterocycles. The van der Waals surface area contributed by atoms with Crippen LogP contribution in [-0.4, -0.2) is 48.4 Å². The van der Waals surface area contributed by atoms with E-state index in [0.717, 1.165) is 22.4 Å². The summed E-state index contributed by atoms with van der Waals surface area (Å²) in [6, 6.07) is 14.8. The summed E-state index contributed by atoms with van der Waals surface area (Å²) in [5.41, 5.74) is 12.0. The molecule has 0 aliphatic rings. The Bertz CT molecular complexity index is 1690. The predicted molar refractivity (Wildman–Crippen MR) is 147 cm³/mol. The SMILES string of the molecule is C=C(C)C(=O)Nc1ccc(-c2c(-c3ccc(C(=O)N(C)Cc4ncon4)cc3)c3c(N)ncnc3n2C)cc1. The van der Waals surface area contributed by atoms with E-state index in [1.165, 1.54) is 17.6 Å². The number of hydrogen-bond donors (Lipinski definition) is 2. The van der Waals surface area contributed by atoms with Gasteiger partial charge < -0.3 is 25.0 Å². The number of rotatable bonds is 7. The maximum absolute atomic E-state index is 13.0. The molecule has 0 bridgehead atoms. The van der Waals surface area contributed by atoms with E-state index in [-0.39, 0.29) is 18.4 Å². The van der Waals surface area contributed by atoms with Crippen molar-refractivity contribution in [1.82, 2.24) is 29.6 Å². The molecule has 0 spiro atoms. The summed E-state index contributed by atoms with van der Waals surface area (Å²) in [6.45, 7) is 5.55. The summed E-state index contributed by atoms with van der Waals surface area (Å²) in [4.78, 5) is 39.2. The lowest BCUT2D eigenvalue weighted by Crippen LogP contribution is -2.26. The average molecular weight is 523 g/mol. The van der Waals surface area contributed by atoms with Crippen LogP contribution in [0.3, 0.4) is 0 Å². The van der Waals surface area contributed by atoms with Crippen molar-refractivity contribution < 1.29 is 14.1 Å². The summed E-state index contributed by atoms with van der Waals surface area (Å²) in [5, 5.41) is 7.29. The zero-order valence-corrected chi connectivity index (χ0v) is 21.7. The third kappa shape index (κ3) is 4.85. The Balaban J connectivity index is 1.54. The van der Waals surface area contributed by atoms with Crippen LogP contribution in [0, 0.1) is 0 Å². The number of nitrogens with two attached hydrogens (primary N) is 1. The fourth-order valence-electron chi connectivity index (χ4n) is 4.39. The molecule has 0 atom stereocenters. The zero-order chi connectivity index (χ0) is 27.7. The lowest BCUT2D eigenvalue weighted by molar-refractivity contribution is -0.112. The van der Waals surface area contributed by atoms with Gasteiger partial charge in [-0.05, 0) is 42.3 Å². The molecule has 3 N–H and O–H groups in total. The molecule has 39 heavy (non-hydrogen) atoms. The van der Waals surface area contributed by atoms with Crippen molar-refractivity contribution in [1.29, 1.82) is 0 Å². The van der Waals surface area contributed by atoms with Crippen LogP contribution in [0.1, 0.15) is 23.1 Å². The van der Waals surface area contributed by atoms with Crippen LogP contribution >= 0.6 is 0 Å². The van der Waals surface area contributed by atoms with Crippen molar-refractivity contribution >= 4 is 34.4 Å². The topological polar surface area (TPSA) is 145 Å². The van der Waals surface area contributed by atoms with Crippen molar-refractivity contribution in [3.05, 3.63) is 84.8 Å². The lowest BCUT2D eigenvalue weighted by atomic mass is 9.97. The van der Waals surface area contributed by atoms with Crippen molar-refractivity contribution in [3.63, 3.8) is 0 Å². The summed E-state index contributed by atoms with van der Waals surface area (Å²) in [7, 11) is 3.59. The highest BCUT2D eigenvalue weighted by Crippen LogP contribution is 2.41. The molecule has 5 rings (SSSR count). The molecule has 2 aromatic carbocycles. The zero-order valence-electron chi connectivity index (χ0n) is 21.7. The summed E-state index contributed by atoms with van der Waals surface area (Å²) in [6.07, 6.45) is 2.66. The Morgan fingerprint density at radius 2 is 1.74 bits per heavy atom. The van der Waals surface area contributed by atoms with Gasteiger partial charge in [0.25, 0.3) is 11.8 Å². The van der Waals surface area contributed by atoms with Crippen LogP contribution in [0.15, 0.2) is 77.9 Å². The number of benzene rings is 2. The minimum Gasteiger partial charge on any atom is -0.383 e. The first kappa shape index (κ1) is 25.3. The molecule has 0 unspecified atom stereocenters. The van der Waals surface area contributed by atoms with Crippen molar-refractivity contribution in [2.45, 2.75) is 13.5 Å². The minimum absolute atomic E-state index is 0.181. The summed E-state index contributed by atoms with van der Waals surface area (Å²) in [5.74, 6) is 0.346. The van der Waals surface area contributed by atoms with Gasteiger partial charge in [0.15, 0.2) is 5.82 Å². The smallest absolute Gasteiger partial charge is 0.254 e. The highest BCUT2D eigenvalue weighted by Gasteiger charge is 2.22.